The van der Waals surface area contributed by atoms with Crippen LogP contribution in [0.2, 0.25) is 10.0 Å². The summed E-state index contributed by atoms with van der Waals surface area (Å²) in [6.07, 6.45) is 2.74. The van der Waals surface area contributed by atoms with Gasteiger partial charge in [0.2, 0.25) is 5.95 Å². The molecule has 1 atom stereocenters. The quantitative estimate of drug-likeness (QED) is 0.425. The highest BCUT2D eigenvalue weighted by Crippen LogP contribution is 2.50. The maximum absolute atomic E-state index is 13.1. The molecule has 3 heterocycles. The van der Waals surface area contributed by atoms with Crippen LogP contribution in [-0.2, 0) is 6.42 Å². The van der Waals surface area contributed by atoms with Crippen LogP contribution in [0.15, 0.2) is 52.1 Å². The van der Waals surface area contributed by atoms with Gasteiger partial charge in [-0.3, -0.25) is 9.78 Å². The van der Waals surface area contributed by atoms with Crippen LogP contribution in [0.5, 0.6) is 0 Å². The van der Waals surface area contributed by atoms with Crippen molar-refractivity contribution in [3.05, 3.63) is 84.5 Å². The van der Waals surface area contributed by atoms with Gasteiger partial charge in [-0.2, -0.15) is 4.98 Å². The van der Waals surface area contributed by atoms with E-state index in [9.17, 15) is 9.59 Å². The molecule has 6 rings (SSSR count). The van der Waals surface area contributed by atoms with Crippen LogP contribution in [0.25, 0.3) is 16.9 Å². The smallest absolute Gasteiger partial charge is 0.334 e. The minimum atomic E-state index is -0.689. The summed E-state index contributed by atoms with van der Waals surface area (Å²) in [6, 6.07) is 13.1. The number of nitrogens with two attached hydrogens (primary N) is 1. The van der Waals surface area contributed by atoms with Gasteiger partial charge in [0.1, 0.15) is 0 Å². The van der Waals surface area contributed by atoms with E-state index in [2.05, 4.69) is 38.4 Å². The third-order valence-electron chi connectivity index (χ3n) is 7.32. The summed E-state index contributed by atoms with van der Waals surface area (Å²) in [6.45, 7) is 1.41. The van der Waals surface area contributed by atoms with Gasteiger partial charge in [0.05, 0.1) is 15.7 Å². The lowest BCUT2D eigenvalue weighted by Gasteiger charge is -2.42. The number of piperidine rings is 1. The van der Waals surface area contributed by atoms with E-state index in [0.717, 1.165) is 23.8 Å². The van der Waals surface area contributed by atoms with E-state index in [1.54, 1.807) is 12.1 Å². The Balaban J connectivity index is 1.30. The Bertz CT molecular complexity index is 1590. The van der Waals surface area contributed by atoms with Crippen LogP contribution in [0, 0.1) is 5.41 Å². The lowest BCUT2D eigenvalue weighted by atomic mass is 9.73. The fraction of sp³-hybridized carbons (Fsp3) is 0.292. The highest BCUT2D eigenvalue weighted by Gasteiger charge is 2.46. The number of H-pyrrole nitrogens is 1. The molecule has 35 heavy (non-hydrogen) atoms. The molecule has 4 aromatic rings. The molecule has 2 aromatic carbocycles. The van der Waals surface area contributed by atoms with Crippen LogP contribution < -0.4 is 21.9 Å². The minimum absolute atomic E-state index is 0.00429. The topological polar surface area (TPSA) is 123 Å². The molecule has 9 nitrogen and oxygen atoms in total. The second-order valence-corrected chi connectivity index (χ2v) is 9.94. The second-order valence-electron chi connectivity index (χ2n) is 9.16. The van der Waals surface area contributed by atoms with Crippen LogP contribution in [0.1, 0.15) is 30.0 Å². The zero-order valence-electron chi connectivity index (χ0n) is 18.5. The third-order valence-corrected chi connectivity index (χ3v) is 8.13. The first-order valence-electron chi connectivity index (χ1n) is 11.3. The van der Waals surface area contributed by atoms with Gasteiger partial charge in [0, 0.05) is 19.1 Å². The largest absolute Gasteiger partial charge is 0.339 e. The molecule has 2 aliphatic rings. The number of anilines is 1. The molecular formula is C24H21Cl2N7O2. The van der Waals surface area contributed by atoms with Gasteiger partial charge in [0.15, 0.2) is 11.2 Å². The zero-order chi connectivity index (χ0) is 24.3. The first-order valence-corrected chi connectivity index (χ1v) is 12.1. The van der Waals surface area contributed by atoms with Crippen molar-refractivity contribution in [3.63, 3.8) is 0 Å². The molecule has 1 fully saturated rings. The Morgan fingerprint density at radius 1 is 1.03 bits per heavy atom. The predicted octanol–water partition coefficient (Wildman–Crippen LogP) is 3.01. The number of hydrogen-bond donors (Lipinski definition) is 2. The molecule has 1 spiro atoms. The fourth-order valence-electron chi connectivity index (χ4n) is 5.38. The molecule has 0 unspecified atom stereocenters. The Kier molecular flexibility index (Phi) is 5.17. The first-order chi connectivity index (χ1) is 16.9. The summed E-state index contributed by atoms with van der Waals surface area (Å²) in [4.78, 5) is 35.0. The normalized spacial score (nSPS) is 18.8. The highest BCUT2D eigenvalue weighted by molar-refractivity contribution is 6.43. The maximum atomic E-state index is 13.1. The van der Waals surface area contributed by atoms with E-state index in [1.165, 1.54) is 17.2 Å². The van der Waals surface area contributed by atoms with Crippen molar-refractivity contribution in [2.45, 2.75) is 25.3 Å². The fourth-order valence-corrected chi connectivity index (χ4v) is 5.76. The third kappa shape index (κ3) is 3.45. The van der Waals surface area contributed by atoms with Crippen molar-refractivity contribution < 1.29 is 0 Å². The van der Waals surface area contributed by atoms with Crippen molar-refractivity contribution >= 4 is 40.3 Å². The number of nitrogens with one attached hydrogen (secondary N) is 1. The van der Waals surface area contributed by atoms with E-state index < -0.39 is 11.2 Å². The molecule has 178 valence electrons. The average molecular weight is 510 g/mol. The number of benzene rings is 2. The van der Waals surface area contributed by atoms with E-state index >= 15 is 0 Å². The molecule has 1 aliphatic carbocycles. The van der Waals surface area contributed by atoms with Crippen molar-refractivity contribution in [2.24, 2.45) is 11.1 Å². The van der Waals surface area contributed by atoms with Crippen LogP contribution in [-0.4, -0.2) is 37.8 Å². The van der Waals surface area contributed by atoms with Crippen molar-refractivity contribution in [2.75, 3.05) is 18.0 Å². The summed E-state index contributed by atoms with van der Waals surface area (Å²) in [5.74, 6) is 0.366. The Morgan fingerprint density at radius 2 is 1.80 bits per heavy atom. The number of aromatic amines is 1. The van der Waals surface area contributed by atoms with Crippen LogP contribution in [0.4, 0.5) is 5.95 Å². The van der Waals surface area contributed by atoms with Crippen molar-refractivity contribution in [1.29, 1.82) is 0 Å². The number of nitrogens with zero attached hydrogens (tertiary/aromatic N) is 5. The lowest BCUT2D eigenvalue weighted by molar-refractivity contribution is 0.187. The van der Waals surface area contributed by atoms with Gasteiger partial charge >= 0.3 is 5.69 Å². The van der Waals surface area contributed by atoms with E-state index in [-0.39, 0.29) is 38.4 Å². The lowest BCUT2D eigenvalue weighted by Crippen LogP contribution is -2.45. The minimum Gasteiger partial charge on any atom is -0.339 e. The van der Waals surface area contributed by atoms with Crippen molar-refractivity contribution in [1.82, 2.24) is 24.7 Å². The second kappa shape index (κ2) is 8.15. The molecule has 3 N–H and O–H groups in total. The number of hydrogen-bond acceptors (Lipinski definition) is 7. The molecule has 0 amide bonds. The summed E-state index contributed by atoms with van der Waals surface area (Å²) < 4.78 is 0.885. The molecule has 0 bridgehead atoms. The number of aromatic nitrogens is 5. The monoisotopic (exact) mass is 509 g/mol. The van der Waals surface area contributed by atoms with Gasteiger partial charge in [-0.1, -0.05) is 53.5 Å². The highest BCUT2D eigenvalue weighted by atomic mass is 35.5. The van der Waals surface area contributed by atoms with E-state index in [0.29, 0.717) is 19.0 Å². The van der Waals surface area contributed by atoms with Crippen LogP contribution in [0.3, 0.4) is 0 Å². The molecule has 2 aromatic heterocycles. The number of rotatable bonds is 2. The Morgan fingerprint density at radius 3 is 2.57 bits per heavy atom. The number of halogens is 2. The maximum Gasteiger partial charge on any atom is 0.334 e. The Labute approximate surface area is 209 Å². The van der Waals surface area contributed by atoms with E-state index in [1.807, 2.05) is 11.0 Å². The zero-order valence-corrected chi connectivity index (χ0v) is 20.1. The predicted molar refractivity (Wildman–Crippen MR) is 135 cm³/mol. The molecule has 1 aliphatic heterocycles. The van der Waals surface area contributed by atoms with Crippen LogP contribution >= 0.6 is 23.2 Å². The van der Waals surface area contributed by atoms with Gasteiger partial charge < -0.3 is 10.6 Å². The molecule has 0 radical (unpaired) electrons. The van der Waals surface area contributed by atoms with Gasteiger partial charge in [0.25, 0.3) is 5.56 Å². The molecule has 1 saturated heterocycles. The molecule has 0 saturated carbocycles. The Hall–Kier alpha value is -3.27. The summed E-state index contributed by atoms with van der Waals surface area (Å²) in [7, 11) is 0. The van der Waals surface area contributed by atoms with Gasteiger partial charge in [-0.15, -0.1) is 10.2 Å². The summed E-state index contributed by atoms with van der Waals surface area (Å²) >= 11 is 12.3. The average Bonchev–Trinajstić information content (AvgIpc) is 3.13. The molecule has 11 heteroatoms. The van der Waals surface area contributed by atoms with Crippen molar-refractivity contribution in [3.8, 4) is 5.69 Å². The standard InChI is InChI=1S/C24H21Cl2N7O2/c25-15-6-3-7-16(17(15)26)33-21(34)18-20(29-23(33)35)28-22(31-30-18)32-10-8-24(9-11-32)12-13-4-1-2-5-14(13)19(24)27/h1-7,19H,8-12,27H2,(H,28,29,31,35)/t19-/m1/s1. The SMILES string of the molecule is N[C@@H]1c2ccccc2CC12CCN(c1nnc3c(=O)n(-c4cccc(Cl)c4Cl)c(=O)[nH]c3n1)CC2. The number of fused-ring (bicyclic) bond motifs is 2. The van der Waals surface area contributed by atoms with Gasteiger partial charge in [-0.05, 0) is 47.9 Å². The van der Waals surface area contributed by atoms with Gasteiger partial charge in [-0.25, -0.2) is 9.36 Å². The van der Waals surface area contributed by atoms with E-state index in [4.69, 9.17) is 28.9 Å². The summed E-state index contributed by atoms with van der Waals surface area (Å²) in [5.41, 5.74) is 8.06. The summed E-state index contributed by atoms with van der Waals surface area (Å²) in [5, 5.41) is 8.64. The first kappa shape index (κ1) is 22.2. The molecular weight excluding hydrogens is 489 g/mol.